The van der Waals surface area contributed by atoms with Crippen LogP contribution in [-0.4, -0.2) is 31.3 Å². The molecule has 0 aromatic carbocycles. The zero-order valence-electron chi connectivity index (χ0n) is 11.4. The van der Waals surface area contributed by atoms with Gasteiger partial charge in [0.25, 0.3) is 0 Å². The summed E-state index contributed by atoms with van der Waals surface area (Å²) in [6.07, 6.45) is 2.12. The van der Waals surface area contributed by atoms with Gasteiger partial charge in [0.15, 0.2) is 0 Å². The molecule has 0 bridgehead atoms. The first-order valence-electron chi connectivity index (χ1n) is 6.47. The standard InChI is InChI=1S/C14H21ClN2O/c1-10-8-11(2)16-14(13(10)9-15)17(3)12-4-6-18-7-5-12/h8,12H,4-7,9H2,1-3H3. The van der Waals surface area contributed by atoms with Crippen LogP contribution in [0.15, 0.2) is 6.07 Å². The smallest absolute Gasteiger partial charge is 0.133 e. The van der Waals surface area contributed by atoms with E-state index in [0.717, 1.165) is 43.1 Å². The molecule has 4 heteroatoms. The molecule has 0 radical (unpaired) electrons. The Morgan fingerprint density at radius 1 is 1.39 bits per heavy atom. The van der Waals surface area contributed by atoms with Gasteiger partial charge >= 0.3 is 0 Å². The third-order valence-corrected chi connectivity index (χ3v) is 3.93. The lowest BCUT2D eigenvalue weighted by Crippen LogP contribution is -2.37. The van der Waals surface area contributed by atoms with Crippen LogP contribution in [0.1, 0.15) is 29.7 Å². The molecule has 0 amide bonds. The molecule has 100 valence electrons. The quantitative estimate of drug-likeness (QED) is 0.788. The van der Waals surface area contributed by atoms with Crippen LogP contribution in [0.5, 0.6) is 0 Å². The van der Waals surface area contributed by atoms with Crippen molar-refractivity contribution in [2.75, 3.05) is 25.2 Å². The molecule has 0 N–H and O–H groups in total. The molecule has 2 heterocycles. The number of aryl methyl sites for hydroxylation is 2. The number of aromatic nitrogens is 1. The Hall–Kier alpha value is -0.800. The van der Waals surface area contributed by atoms with Crippen molar-refractivity contribution in [3.63, 3.8) is 0 Å². The van der Waals surface area contributed by atoms with E-state index in [1.165, 1.54) is 5.56 Å². The second kappa shape index (κ2) is 5.89. The summed E-state index contributed by atoms with van der Waals surface area (Å²) >= 11 is 6.08. The minimum Gasteiger partial charge on any atom is -0.381 e. The fourth-order valence-electron chi connectivity index (χ4n) is 2.55. The van der Waals surface area contributed by atoms with Crippen molar-refractivity contribution < 1.29 is 4.74 Å². The van der Waals surface area contributed by atoms with Crippen LogP contribution in [0.4, 0.5) is 5.82 Å². The topological polar surface area (TPSA) is 25.4 Å². The number of ether oxygens (including phenoxy) is 1. The van der Waals surface area contributed by atoms with Crippen LogP contribution >= 0.6 is 11.6 Å². The van der Waals surface area contributed by atoms with E-state index in [2.05, 4.69) is 29.9 Å². The molecule has 0 saturated carbocycles. The van der Waals surface area contributed by atoms with Crippen LogP contribution in [0, 0.1) is 13.8 Å². The number of alkyl halides is 1. The van der Waals surface area contributed by atoms with E-state index in [4.69, 9.17) is 16.3 Å². The number of nitrogens with zero attached hydrogens (tertiary/aromatic N) is 2. The Kier molecular flexibility index (Phi) is 4.46. The highest BCUT2D eigenvalue weighted by Crippen LogP contribution is 2.27. The van der Waals surface area contributed by atoms with Gasteiger partial charge in [-0.2, -0.15) is 0 Å². The van der Waals surface area contributed by atoms with Crippen molar-refractivity contribution in [3.05, 3.63) is 22.9 Å². The monoisotopic (exact) mass is 268 g/mol. The molecule has 18 heavy (non-hydrogen) atoms. The van der Waals surface area contributed by atoms with E-state index in [1.54, 1.807) is 0 Å². The fraction of sp³-hybridized carbons (Fsp3) is 0.643. The van der Waals surface area contributed by atoms with Crippen LogP contribution < -0.4 is 4.90 Å². The minimum absolute atomic E-state index is 0.509. The molecule has 0 atom stereocenters. The number of hydrogen-bond donors (Lipinski definition) is 0. The van der Waals surface area contributed by atoms with Crippen molar-refractivity contribution in [1.29, 1.82) is 0 Å². The Morgan fingerprint density at radius 3 is 2.67 bits per heavy atom. The summed E-state index contributed by atoms with van der Waals surface area (Å²) in [4.78, 5) is 6.96. The van der Waals surface area contributed by atoms with Gasteiger partial charge in [-0.3, -0.25) is 0 Å². The molecule has 2 rings (SSSR count). The molecule has 0 unspecified atom stereocenters. The van der Waals surface area contributed by atoms with E-state index >= 15 is 0 Å². The number of pyridine rings is 1. The first kappa shape index (κ1) is 13.6. The van der Waals surface area contributed by atoms with Gasteiger partial charge in [0.2, 0.25) is 0 Å². The number of hydrogen-bond acceptors (Lipinski definition) is 3. The lowest BCUT2D eigenvalue weighted by molar-refractivity contribution is 0.0853. The fourth-order valence-corrected chi connectivity index (χ4v) is 2.88. The molecular weight excluding hydrogens is 248 g/mol. The van der Waals surface area contributed by atoms with Crippen molar-refractivity contribution in [2.24, 2.45) is 0 Å². The molecule has 1 aromatic rings. The lowest BCUT2D eigenvalue weighted by atomic mass is 10.1. The summed E-state index contributed by atoms with van der Waals surface area (Å²) in [6.45, 7) is 5.83. The van der Waals surface area contributed by atoms with Gasteiger partial charge in [-0.05, 0) is 38.3 Å². The number of rotatable bonds is 3. The van der Waals surface area contributed by atoms with Crippen LogP contribution in [0.3, 0.4) is 0 Å². The highest BCUT2D eigenvalue weighted by Gasteiger charge is 2.22. The maximum Gasteiger partial charge on any atom is 0.133 e. The molecule has 1 aliphatic rings. The van der Waals surface area contributed by atoms with Crippen molar-refractivity contribution in [2.45, 2.75) is 38.6 Å². The highest BCUT2D eigenvalue weighted by atomic mass is 35.5. The Balaban J connectivity index is 2.30. The maximum atomic E-state index is 6.08. The van der Waals surface area contributed by atoms with Gasteiger partial charge in [-0.15, -0.1) is 11.6 Å². The summed E-state index contributed by atoms with van der Waals surface area (Å²) in [7, 11) is 2.12. The zero-order valence-corrected chi connectivity index (χ0v) is 12.1. The average Bonchev–Trinajstić information content (AvgIpc) is 2.38. The van der Waals surface area contributed by atoms with Gasteiger partial charge in [0, 0.05) is 37.6 Å². The molecule has 3 nitrogen and oxygen atoms in total. The van der Waals surface area contributed by atoms with Gasteiger partial charge in [-0.1, -0.05) is 0 Å². The Bertz CT molecular complexity index is 417. The third-order valence-electron chi connectivity index (χ3n) is 3.66. The van der Waals surface area contributed by atoms with E-state index in [1.807, 2.05) is 6.92 Å². The van der Waals surface area contributed by atoms with Crippen molar-refractivity contribution >= 4 is 17.4 Å². The maximum absolute atomic E-state index is 6.08. The summed E-state index contributed by atoms with van der Waals surface area (Å²) in [5, 5.41) is 0. The second-order valence-electron chi connectivity index (χ2n) is 4.97. The van der Waals surface area contributed by atoms with Gasteiger partial charge in [0.1, 0.15) is 5.82 Å². The van der Waals surface area contributed by atoms with Crippen LogP contribution in [-0.2, 0) is 10.6 Å². The van der Waals surface area contributed by atoms with Crippen molar-refractivity contribution in [3.8, 4) is 0 Å². The number of halogens is 1. The molecule has 1 aliphatic heterocycles. The van der Waals surface area contributed by atoms with Gasteiger partial charge in [-0.25, -0.2) is 4.98 Å². The first-order valence-corrected chi connectivity index (χ1v) is 7.00. The summed E-state index contributed by atoms with van der Waals surface area (Å²) < 4.78 is 5.42. The summed E-state index contributed by atoms with van der Waals surface area (Å²) in [5.41, 5.74) is 3.43. The Labute approximate surface area is 114 Å². The molecule has 1 aromatic heterocycles. The van der Waals surface area contributed by atoms with Gasteiger partial charge in [0.05, 0.1) is 5.88 Å². The molecular formula is C14H21ClN2O. The van der Waals surface area contributed by atoms with E-state index in [-0.39, 0.29) is 0 Å². The number of anilines is 1. The SMILES string of the molecule is Cc1cc(C)c(CCl)c(N(C)C2CCOCC2)n1. The third kappa shape index (κ3) is 2.78. The van der Waals surface area contributed by atoms with E-state index in [9.17, 15) is 0 Å². The predicted molar refractivity (Wildman–Crippen MR) is 75.5 cm³/mol. The van der Waals surface area contributed by atoms with E-state index < -0.39 is 0 Å². The van der Waals surface area contributed by atoms with Crippen LogP contribution in [0.25, 0.3) is 0 Å². The zero-order chi connectivity index (χ0) is 13.1. The first-order chi connectivity index (χ1) is 8.63. The molecule has 1 fully saturated rings. The average molecular weight is 269 g/mol. The second-order valence-corrected chi connectivity index (χ2v) is 5.24. The lowest BCUT2D eigenvalue weighted by Gasteiger charge is -2.33. The summed E-state index contributed by atoms with van der Waals surface area (Å²) in [6, 6.07) is 2.60. The van der Waals surface area contributed by atoms with Crippen molar-refractivity contribution in [1.82, 2.24) is 4.98 Å². The van der Waals surface area contributed by atoms with E-state index in [0.29, 0.717) is 11.9 Å². The summed E-state index contributed by atoms with van der Waals surface area (Å²) in [5.74, 6) is 1.55. The predicted octanol–water partition coefficient (Wildman–Crippen LogP) is 3.05. The molecule has 0 aliphatic carbocycles. The Morgan fingerprint density at radius 2 is 2.06 bits per heavy atom. The molecule has 0 spiro atoms. The van der Waals surface area contributed by atoms with Gasteiger partial charge < -0.3 is 9.64 Å². The normalized spacial score (nSPS) is 16.9. The molecule has 1 saturated heterocycles. The largest absolute Gasteiger partial charge is 0.381 e. The highest BCUT2D eigenvalue weighted by molar-refractivity contribution is 6.17. The van der Waals surface area contributed by atoms with Crippen LogP contribution in [0.2, 0.25) is 0 Å². The minimum atomic E-state index is 0.509.